The van der Waals surface area contributed by atoms with Gasteiger partial charge in [-0.25, -0.2) is 9.18 Å². The van der Waals surface area contributed by atoms with Crippen molar-refractivity contribution in [2.45, 2.75) is 0 Å². The normalized spacial score (nSPS) is 10.5. The average Bonchev–Trinajstić information content (AvgIpc) is 3.00. The van der Waals surface area contributed by atoms with Crippen molar-refractivity contribution in [2.24, 2.45) is 0 Å². The van der Waals surface area contributed by atoms with Gasteiger partial charge in [-0.05, 0) is 30.3 Å². The van der Waals surface area contributed by atoms with Crippen molar-refractivity contribution in [3.05, 3.63) is 65.6 Å². The van der Waals surface area contributed by atoms with E-state index in [1.807, 2.05) is 0 Å². The number of nitrogens with one attached hydrogen (secondary N) is 2. The van der Waals surface area contributed by atoms with Gasteiger partial charge in [0.15, 0.2) is 0 Å². The fourth-order valence-corrected chi connectivity index (χ4v) is 2.28. The number of carbonyl (C=O) groups is 2. The van der Waals surface area contributed by atoms with Gasteiger partial charge in [0.2, 0.25) is 0 Å². The van der Waals surface area contributed by atoms with E-state index in [0.717, 1.165) is 0 Å². The lowest BCUT2D eigenvalue weighted by Crippen LogP contribution is -2.13. The highest BCUT2D eigenvalue weighted by atomic mass is 19.1. The molecule has 0 aliphatic rings. The standard InChI is InChI=1S/C17H13FN2O3/c1-23-17(22)11-5-2-6-12(8-11)19-16(21)14-9-10-4-3-7-13(18)15(10)20-14/h2-9,20H,1H3,(H,19,21). The van der Waals surface area contributed by atoms with Gasteiger partial charge in [-0.3, -0.25) is 4.79 Å². The molecule has 23 heavy (non-hydrogen) atoms. The second kappa shape index (κ2) is 5.92. The minimum absolute atomic E-state index is 0.230. The Kier molecular flexibility index (Phi) is 3.80. The Morgan fingerprint density at radius 1 is 1.13 bits per heavy atom. The maximum Gasteiger partial charge on any atom is 0.337 e. The third kappa shape index (κ3) is 2.91. The van der Waals surface area contributed by atoms with Crippen LogP contribution in [0.1, 0.15) is 20.8 Å². The molecule has 0 fully saturated rings. The highest BCUT2D eigenvalue weighted by Gasteiger charge is 2.13. The first-order chi connectivity index (χ1) is 11.1. The topological polar surface area (TPSA) is 71.2 Å². The predicted molar refractivity (Wildman–Crippen MR) is 84.0 cm³/mol. The van der Waals surface area contributed by atoms with Crippen LogP contribution in [0, 0.1) is 5.82 Å². The monoisotopic (exact) mass is 312 g/mol. The van der Waals surface area contributed by atoms with Crippen LogP contribution in [0.15, 0.2) is 48.5 Å². The Bertz CT molecular complexity index is 902. The molecule has 116 valence electrons. The zero-order chi connectivity index (χ0) is 16.4. The van der Waals surface area contributed by atoms with E-state index in [1.54, 1.807) is 36.4 Å². The molecule has 0 aliphatic heterocycles. The summed E-state index contributed by atoms with van der Waals surface area (Å²) in [5, 5.41) is 3.27. The van der Waals surface area contributed by atoms with Crippen molar-refractivity contribution in [3.8, 4) is 0 Å². The van der Waals surface area contributed by atoms with E-state index in [4.69, 9.17) is 0 Å². The molecule has 6 heteroatoms. The summed E-state index contributed by atoms with van der Waals surface area (Å²) >= 11 is 0. The maximum atomic E-state index is 13.7. The number of aromatic nitrogens is 1. The van der Waals surface area contributed by atoms with Gasteiger partial charge >= 0.3 is 5.97 Å². The smallest absolute Gasteiger partial charge is 0.337 e. The van der Waals surface area contributed by atoms with Crippen molar-refractivity contribution in [1.29, 1.82) is 0 Å². The second-order valence-corrected chi connectivity index (χ2v) is 4.91. The number of hydrogen-bond donors (Lipinski definition) is 2. The van der Waals surface area contributed by atoms with Crippen LogP contribution in [-0.2, 0) is 4.74 Å². The van der Waals surface area contributed by atoms with Crippen LogP contribution in [-0.4, -0.2) is 24.0 Å². The summed E-state index contributed by atoms with van der Waals surface area (Å²) in [6, 6.07) is 12.5. The predicted octanol–water partition coefficient (Wildman–Crippen LogP) is 3.35. The van der Waals surface area contributed by atoms with Crippen LogP contribution in [0.4, 0.5) is 10.1 Å². The molecule has 0 unspecified atom stereocenters. The van der Waals surface area contributed by atoms with Gasteiger partial charge in [-0.1, -0.05) is 18.2 Å². The zero-order valence-corrected chi connectivity index (χ0v) is 12.2. The van der Waals surface area contributed by atoms with E-state index in [0.29, 0.717) is 16.6 Å². The first kappa shape index (κ1) is 14.8. The zero-order valence-electron chi connectivity index (χ0n) is 12.2. The molecule has 3 aromatic rings. The molecular formula is C17H13FN2O3. The number of carbonyl (C=O) groups excluding carboxylic acids is 2. The number of ether oxygens (including phenoxy) is 1. The summed E-state index contributed by atoms with van der Waals surface area (Å²) < 4.78 is 18.3. The van der Waals surface area contributed by atoms with Crippen molar-refractivity contribution in [2.75, 3.05) is 12.4 Å². The highest BCUT2D eigenvalue weighted by molar-refractivity contribution is 6.06. The first-order valence-electron chi connectivity index (χ1n) is 6.85. The van der Waals surface area contributed by atoms with Crippen LogP contribution in [0.25, 0.3) is 10.9 Å². The maximum absolute atomic E-state index is 13.7. The quantitative estimate of drug-likeness (QED) is 0.729. The number of fused-ring (bicyclic) bond motifs is 1. The number of rotatable bonds is 3. The summed E-state index contributed by atoms with van der Waals surface area (Å²) in [7, 11) is 1.28. The minimum atomic E-state index is -0.492. The summed E-state index contributed by atoms with van der Waals surface area (Å²) in [4.78, 5) is 26.5. The molecule has 5 nitrogen and oxygen atoms in total. The number of benzene rings is 2. The summed E-state index contributed by atoms with van der Waals surface area (Å²) in [6.45, 7) is 0. The number of amides is 1. The van der Waals surface area contributed by atoms with Gasteiger partial charge in [0.1, 0.15) is 11.5 Å². The molecule has 1 heterocycles. The minimum Gasteiger partial charge on any atom is -0.465 e. The lowest BCUT2D eigenvalue weighted by Gasteiger charge is -2.05. The third-order valence-electron chi connectivity index (χ3n) is 3.39. The van der Waals surface area contributed by atoms with Gasteiger partial charge in [-0.15, -0.1) is 0 Å². The number of halogens is 1. The second-order valence-electron chi connectivity index (χ2n) is 4.91. The van der Waals surface area contributed by atoms with Crippen LogP contribution < -0.4 is 5.32 Å². The number of H-pyrrole nitrogens is 1. The number of aromatic amines is 1. The molecular weight excluding hydrogens is 299 g/mol. The van der Waals surface area contributed by atoms with E-state index in [9.17, 15) is 14.0 Å². The Hall–Kier alpha value is -3.15. The molecule has 2 aromatic carbocycles. The molecule has 0 saturated carbocycles. The van der Waals surface area contributed by atoms with Gasteiger partial charge in [0.05, 0.1) is 18.2 Å². The van der Waals surface area contributed by atoms with Crippen molar-refractivity contribution in [1.82, 2.24) is 4.98 Å². The molecule has 0 atom stereocenters. The van der Waals surface area contributed by atoms with Crippen LogP contribution in [0.3, 0.4) is 0 Å². The first-order valence-corrected chi connectivity index (χ1v) is 6.85. The molecule has 2 N–H and O–H groups in total. The van der Waals surface area contributed by atoms with Crippen LogP contribution >= 0.6 is 0 Å². The van der Waals surface area contributed by atoms with E-state index in [2.05, 4.69) is 15.0 Å². The molecule has 3 rings (SSSR count). The van der Waals surface area contributed by atoms with Crippen molar-refractivity contribution < 1.29 is 18.7 Å². The highest BCUT2D eigenvalue weighted by Crippen LogP contribution is 2.19. The average molecular weight is 312 g/mol. The van der Waals surface area contributed by atoms with E-state index in [1.165, 1.54) is 19.2 Å². The summed E-state index contributed by atoms with van der Waals surface area (Å²) in [5.74, 6) is -1.34. The Balaban J connectivity index is 1.86. The van der Waals surface area contributed by atoms with E-state index in [-0.39, 0.29) is 11.2 Å². The lowest BCUT2D eigenvalue weighted by molar-refractivity contribution is 0.0600. The van der Waals surface area contributed by atoms with E-state index < -0.39 is 17.7 Å². The van der Waals surface area contributed by atoms with Crippen LogP contribution in [0.2, 0.25) is 0 Å². The van der Waals surface area contributed by atoms with Gasteiger partial charge in [0, 0.05) is 11.1 Å². The molecule has 1 amide bonds. The van der Waals surface area contributed by atoms with Crippen molar-refractivity contribution in [3.63, 3.8) is 0 Å². The van der Waals surface area contributed by atoms with Crippen LogP contribution in [0.5, 0.6) is 0 Å². The van der Waals surface area contributed by atoms with E-state index >= 15 is 0 Å². The third-order valence-corrected chi connectivity index (χ3v) is 3.39. The fraction of sp³-hybridized carbons (Fsp3) is 0.0588. The Morgan fingerprint density at radius 3 is 2.65 bits per heavy atom. The van der Waals surface area contributed by atoms with Crippen molar-refractivity contribution >= 4 is 28.5 Å². The molecule has 0 aliphatic carbocycles. The molecule has 0 radical (unpaired) electrons. The largest absolute Gasteiger partial charge is 0.465 e. The molecule has 0 spiro atoms. The Labute approximate surface area is 131 Å². The number of methoxy groups -OCH3 is 1. The van der Waals surface area contributed by atoms with Gasteiger partial charge in [0.25, 0.3) is 5.91 Å². The van der Waals surface area contributed by atoms with Gasteiger partial charge < -0.3 is 15.0 Å². The summed E-state index contributed by atoms with van der Waals surface area (Å²) in [5.41, 5.74) is 1.28. The molecule has 1 aromatic heterocycles. The fourth-order valence-electron chi connectivity index (χ4n) is 2.28. The lowest BCUT2D eigenvalue weighted by atomic mass is 10.2. The Morgan fingerprint density at radius 2 is 1.91 bits per heavy atom. The number of anilines is 1. The SMILES string of the molecule is COC(=O)c1cccc(NC(=O)c2cc3cccc(F)c3[nH]2)c1. The number of hydrogen-bond acceptors (Lipinski definition) is 3. The molecule has 0 bridgehead atoms. The number of esters is 1. The summed E-state index contributed by atoms with van der Waals surface area (Å²) in [6.07, 6.45) is 0. The number of para-hydroxylation sites is 1. The van der Waals surface area contributed by atoms with Gasteiger partial charge in [-0.2, -0.15) is 0 Å². The molecule has 0 saturated heterocycles.